The first-order valence-corrected chi connectivity index (χ1v) is 6.49. The van der Waals surface area contributed by atoms with Gasteiger partial charge in [0.15, 0.2) is 0 Å². The van der Waals surface area contributed by atoms with Crippen molar-refractivity contribution < 1.29 is 4.79 Å². The van der Waals surface area contributed by atoms with Gasteiger partial charge in [0.05, 0.1) is 6.54 Å². The van der Waals surface area contributed by atoms with Crippen LogP contribution in [0.25, 0.3) is 0 Å². The lowest BCUT2D eigenvalue weighted by molar-refractivity contribution is 0.0640. The van der Waals surface area contributed by atoms with E-state index in [0.29, 0.717) is 19.6 Å². The number of hydrogen-bond acceptors (Lipinski definition) is 4. The molecule has 2 heterocycles. The Morgan fingerprint density at radius 2 is 2.11 bits per heavy atom. The smallest absolute Gasteiger partial charge is 0.293 e. The summed E-state index contributed by atoms with van der Waals surface area (Å²) in [6.07, 6.45) is 5.28. The van der Waals surface area contributed by atoms with Crippen molar-refractivity contribution in [1.82, 2.24) is 25.0 Å². The third-order valence-electron chi connectivity index (χ3n) is 3.22. The van der Waals surface area contributed by atoms with Crippen LogP contribution in [0.1, 0.15) is 36.2 Å². The molecule has 0 bridgehead atoms. The molecule has 0 atom stereocenters. The van der Waals surface area contributed by atoms with Gasteiger partial charge in [-0.25, -0.2) is 4.98 Å². The molecule has 102 valence electrons. The first-order chi connectivity index (χ1) is 9.11. The van der Waals surface area contributed by atoms with Gasteiger partial charge in [0, 0.05) is 32.1 Å². The van der Waals surface area contributed by atoms with Gasteiger partial charge in [-0.3, -0.25) is 14.8 Å². The number of hydrogen-bond donors (Lipinski definition) is 1. The summed E-state index contributed by atoms with van der Waals surface area (Å²) in [5.41, 5.74) is 0. The molecule has 6 nitrogen and oxygen atoms in total. The van der Waals surface area contributed by atoms with Gasteiger partial charge in [-0.15, -0.1) is 11.5 Å². The minimum absolute atomic E-state index is 0.108. The van der Waals surface area contributed by atoms with E-state index in [-0.39, 0.29) is 17.6 Å². The lowest BCUT2D eigenvalue weighted by Gasteiger charge is -2.32. The van der Waals surface area contributed by atoms with Gasteiger partial charge >= 0.3 is 0 Å². The van der Waals surface area contributed by atoms with E-state index < -0.39 is 0 Å². The average molecular weight is 261 g/mol. The van der Waals surface area contributed by atoms with Crippen LogP contribution < -0.4 is 0 Å². The molecule has 0 spiro atoms. The zero-order valence-corrected chi connectivity index (χ0v) is 11.4. The first-order valence-electron chi connectivity index (χ1n) is 6.49. The molecule has 0 unspecified atom stereocenters. The molecule has 1 aromatic rings. The van der Waals surface area contributed by atoms with Crippen LogP contribution in [-0.4, -0.2) is 63.6 Å². The number of aromatic amines is 1. The Labute approximate surface area is 113 Å². The van der Waals surface area contributed by atoms with Crippen molar-refractivity contribution in [3.8, 4) is 12.3 Å². The van der Waals surface area contributed by atoms with E-state index in [1.807, 2.05) is 13.8 Å². The highest BCUT2D eigenvalue weighted by Gasteiger charge is 2.24. The molecule has 1 aliphatic rings. The summed E-state index contributed by atoms with van der Waals surface area (Å²) < 4.78 is 0. The molecule has 0 aliphatic carbocycles. The highest BCUT2D eigenvalue weighted by atomic mass is 16.2. The van der Waals surface area contributed by atoms with Crippen molar-refractivity contribution in [3.05, 3.63) is 11.6 Å². The number of rotatable bonds is 3. The van der Waals surface area contributed by atoms with Gasteiger partial charge in [0.2, 0.25) is 5.82 Å². The SMILES string of the molecule is C#CCN1CCN(C(=O)c2n[nH]c(C(C)C)n2)CC1. The summed E-state index contributed by atoms with van der Waals surface area (Å²) >= 11 is 0. The van der Waals surface area contributed by atoms with E-state index in [1.165, 1.54) is 0 Å². The van der Waals surface area contributed by atoms with Gasteiger partial charge in [-0.2, -0.15) is 0 Å². The van der Waals surface area contributed by atoms with Crippen LogP contribution in [0, 0.1) is 12.3 Å². The zero-order chi connectivity index (χ0) is 13.8. The topological polar surface area (TPSA) is 65.1 Å². The molecule has 1 N–H and O–H groups in total. The second kappa shape index (κ2) is 5.85. The Morgan fingerprint density at radius 1 is 1.42 bits per heavy atom. The van der Waals surface area contributed by atoms with Crippen LogP contribution in [0.4, 0.5) is 0 Å². The minimum Gasteiger partial charge on any atom is -0.333 e. The number of nitrogens with one attached hydrogen (secondary N) is 1. The predicted octanol–water partition coefficient (Wildman–Crippen LogP) is 0.319. The Morgan fingerprint density at radius 3 is 2.63 bits per heavy atom. The van der Waals surface area contributed by atoms with Crippen LogP contribution in [0.5, 0.6) is 0 Å². The van der Waals surface area contributed by atoms with Crippen molar-refractivity contribution in [2.75, 3.05) is 32.7 Å². The molecule has 0 saturated carbocycles. The molecule has 1 aromatic heterocycles. The van der Waals surface area contributed by atoms with E-state index in [4.69, 9.17) is 6.42 Å². The fourth-order valence-corrected chi connectivity index (χ4v) is 2.01. The van der Waals surface area contributed by atoms with Gasteiger partial charge in [0.25, 0.3) is 5.91 Å². The summed E-state index contributed by atoms with van der Waals surface area (Å²) in [7, 11) is 0. The van der Waals surface area contributed by atoms with Crippen LogP contribution >= 0.6 is 0 Å². The Balaban J connectivity index is 1.95. The summed E-state index contributed by atoms with van der Waals surface area (Å²) in [6, 6.07) is 0. The maximum absolute atomic E-state index is 12.2. The van der Waals surface area contributed by atoms with Crippen LogP contribution in [0.3, 0.4) is 0 Å². The highest BCUT2D eigenvalue weighted by Crippen LogP contribution is 2.10. The molecule has 0 radical (unpaired) electrons. The van der Waals surface area contributed by atoms with Gasteiger partial charge in [0.1, 0.15) is 5.82 Å². The molecule has 2 rings (SSSR count). The Bertz CT molecular complexity index is 479. The van der Waals surface area contributed by atoms with E-state index in [1.54, 1.807) is 4.90 Å². The second-order valence-electron chi connectivity index (χ2n) is 4.97. The largest absolute Gasteiger partial charge is 0.333 e. The standard InChI is InChI=1S/C13H19N5O/c1-4-5-17-6-8-18(9-7-17)13(19)12-14-11(10(2)3)15-16-12/h1,10H,5-9H2,2-3H3,(H,14,15,16). The number of aromatic nitrogens is 3. The summed E-state index contributed by atoms with van der Waals surface area (Å²) in [5, 5.41) is 6.80. The molecule has 1 fully saturated rings. The van der Waals surface area contributed by atoms with Crippen LogP contribution in [0.2, 0.25) is 0 Å². The third-order valence-corrected chi connectivity index (χ3v) is 3.22. The van der Waals surface area contributed by atoms with Crippen molar-refractivity contribution in [2.24, 2.45) is 0 Å². The van der Waals surface area contributed by atoms with Crippen molar-refractivity contribution >= 4 is 5.91 Å². The van der Waals surface area contributed by atoms with E-state index in [0.717, 1.165) is 18.9 Å². The lowest BCUT2D eigenvalue weighted by atomic mass is 10.2. The fourth-order valence-electron chi connectivity index (χ4n) is 2.01. The summed E-state index contributed by atoms with van der Waals surface area (Å²) in [4.78, 5) is 20.4. The molecule has 1 amide bonds. The van der Waals surface area contributed by atoms with Crippen molar-refractivity contribution in [2.45, 2.75) is 19.8 Å². The number of piperazine rings is 1. The fraction of sp³-hybridized carbons (Fsp3) is 0.615. The normalized spacial score (nSPS) is 16.6. The second-order valence-corrected chi connectivity index (χ2v) is 4.97. The van der Waals surface area contributed by atoms with Gasteiger partial charge in [-0.1, -0.05) is 19.8 Å². The van der Waals surface area contributed by atoms with Gasteiger partial charge < -0.3 is 4.90 Å². The number of H-pyrrole nitrogens is 1. The number of carbonyl (C=O) groups excluding carboxylic acids is 1. The van der Waals surface area contributed by atoms with Gasteiger partial charge in [-0.05, 0) is 0 Å². The number of amides is 1. The highest BCUT2D eigenvalue weighted by molar-refractivity contribution is 5.90. The molecular weight excluding hydrogens is 242 g/mol. The first kappa shape index (κ1) is 13.6. The van der Waals surface area contributed by atoms with E-state index in [9.17, 15) is 4.79 Å². The zero-order valence-electron chi connectivity index (χ0n) is 11.4. The monoisotopic (exact) mass is 261 g/mol. The number of carbonyl (C=O) groups is 1. The van der Waals surface area contributed by atoms with Crippen LogP contribution in [0.15, 0.2) is 0 Å². The van der Waals surface area contributed by atoms with E-state index >= 15 is 0 Å². The predicted molar refractivity (Wildman–Crippen MR) is 71.6 cm³/mol. The summed E-state index contributed by atoms with van der Waals surface area (Å²) in [5.74, 6) is 3.75. The van der Waals surface area contributed by atoms with E-state index in [2.05, 4.69) is 26.0 Å². The Kier molecular flexibility index (Phi) is 4.17. The third kappa shape index (κ3) is 3.12. The Hall–Kier alpha value is -1.87. The average Bonchev–Trinajstić information content (AvgIpc) is 2.89. The maximum atomic E-state index is 12.2. The molecule has 19 heavy (non-hydrogen) atoms. The maximum Gasteiger partial charge on any atom is 0.293 e. The molecule has 1 saturated heterocycles. The lowest BCUT2D eigenvalue weighted by Crippen LogP contribution is -2.48. The minimum atomic E-state index is -0.108. The number of nitrogens with zero attached hydrogens (tertiary/aromatic N) is 4. The van der Waals surface area contributed by atoms with Crippen molar-refractivity contribution in [3.63, 3.8) is 0 Å². The number of terminal acetylenes is 1. The van der Waals surface area contributed by atoms with Crippen molar-refractivity contribution in [1.29, 1.82) is 0 Å². The molecular formula is C13H19N5O. The molecule has 0 aromatic carbocycles. The molecule has 1 aliphatic heterocycles. The quantitative estimate of drug-likeness (QED) is 0.796. The van der Waals surface area contributed by atoms with Crippen LogP contribution in [-0.2, 0) is 0 Å². The molecule has 6 heteroatoms. The summed E-state index contributed by atoms with van der Waals surface area (Å²) in [6.45, 7) is 7.60.